The number of fused-ring (bicyclic) bond motifs is 1. The van der Waals surface area contributed by atoms with Crippen LogP contribution >= 0.6 is 11.6 Å². The third-order valence-corrected chi connectivity index (χ3v) is 4.75. The molecule has 0 aliphatic rings. The highest BCUT2D eigenvalue weighted by Crippen LogP contribution is 2.15. The highest BCUT2D eigenvalue weighted by atomic mass is 35.5. The number of hydrogen-bond acceptors (Lipinski definition) is 4. The number of sulfonamides is 1. The van der Waals surface area contributed by atoms with Crippen molar-refractivity contribution in [3.63, 3.8) is 0 Å². The summed E-state index contributed by atoms with van der Waals surface area (Å²) < 4.78 is 24.3. The quantitative estimate of drug-likeness (QED) is 0.699. The SMILES string of the molecule is O=C(NNS(=O)(=O)c1cccc(Cl)c1)c1ccc2ncccc2c1. The van der Waals surface area contributed by atoms with E-state index < -0.39 is 15.9 Å². The van der Waals surface area contributed by atoms with Gasteiger partial charge in [-0.1, -0.05) is 23.7 Å². The first-order chi connectivity index (χ1) is 11.5. The molecule has 2 aromatic carbocycles. The van der Waals surface area contributed by atoms with Crippen LogP contribution in [0.15, 0.2) is 65.7 Å². The normalized spacial score (nSPS) is 11.4. The van der Waals surface area contributed by atoms with Gasteiger partial charge in [-0.15, -0.1) is 4.83 Å². The molecular weight excluding hydrogens is 350 g/mol. The van der Waals surface area contributed by atoms with E-state index in [4.69, 9.17) is 11.6 Å². The summed E-state index contributed by atoms with van der Waals surface area (Å²) in [6.07, 6.45) is 1.65. The molecule has 6 nitrogen and oxygen atoms in total. The fraction of sp³-hybridized carbons (Fsp3) is 0. The molecule has 1 amide bonds. The molecule has 1 heterocycles. The standard InChI is InChI=1S/C16H12ClN3O3S/c17-13-4-1-5-14(10-13)24(22,23)20-19-16(21)12-6-7-15-11(9-12)3-2-8-18-15/h1-10,20H,(H,19,21). The second-order valence-electron chi connectivity index (χ2n) is 4.93. The first kappa shape index (κ1) is 16.4. The Balaban J connectivity index is 1.76. The lowest BCUT2D eigenvalue weighted by molar-refractivity contribution is 0.0945. The fourth-order valence-electron chi connectivity index (χ4n) is 2.10. The average molecular weight is 362 g/mol. The minimum atomic E-state index is -3.91. The second kappa shape index (κ2) is 6.56. The van der Waals surface area contributed by atoms with Gasteiger partial charge in [0.25, 0.3) is 15.9 Å². The molecule has 3 aromatic rings. The van der Waals surface area contributed by atoms with Gasteiger partial charge in [0.15, 0.2) is 0 Å². The summed E-state index contributed by atoms with van der Waals surface area (Å²) >= 11 is 5.78. The van der Waals surface area contributed by atoms with Crippen molar-refractivity contribution in [2.45, 2.75) is 4.90 Å². The molecule has 0 spiro atoms. The largest absolute Gasteiger partial charge is 0.273 e. The molecule has 2 N–H and O–H groups in total. The van der Waals surface area contributed by atoms with Crippen LogP contribution < -0.4 is 10.3 Å². The summed E-state index contributed by atoms with van der Waals surface area (Å²) in [5.41, 5.74) is 3.24. The Hall–Kier alpha value is -2.48. The molecule has 0 bridgehead atoms. The number of hydrazine groups is 1. The average Bonchev–Trinajstić information content (AvgIpc) is 2.59. The Labute approximate surface area is 143 Å². The number of pyridine rings is 1. The van der Waals surface area contributed by atoms with E-state index in [1.165, 1.54) is 18.2 Å². The number of aromatic nitrogens is 1. The number of carbonyl (C=O) groups is 1. The van der Waals surface area contributed by atoms with E-state index in [9.17, 15) is 13.2 Å². The van der Waals surface area contributed by atoms with Crippen molar-refractivity contribution in [2.75, 3.05) is 0 Å². The molecule has 24 heavy (non-hydrogen) atoms. The van der Waals surface area contributed by atoms with Gasteiger partial charge in [-0.2, -0.15) is 0 Å². The van der Waals surface area contributed by atoms with E-state index in [0.29, 0.717) is 5.56 Å². The summed E-state index contributed by atoms with van der Waals surface area (Å²) in [7, 11) is -3.91. The van der Waals surface area contributed by atoms with Crippen LogP contribution in [0.3, 0.4) is 0 Å². The lowest BCUT2D eigenvalue weighted by Gasteiger charge is -2.09. The number of nitrogens with one attached hydrogen (secondary N) is 2. The zero-order valence-electron chi connectivity index (χ0n) is 12.2. The molecule has 0 fully saturated rings. The third-order valence-electron chi connectivity index (χ3n) is 3.27. The van der Waals surface area contributed by atoms with Crippen molar-refractivity contribution in [1.82, 2.24) is 15.2 Å². The highest BCUT2D eigenvalue weighted by Gasteiger charge is 2.16. The molecule has 0 radical (unpaired) electrons. The molecule has 3 rings (SSSR count). The molecule has 0 saturated carbocycles. The first-order valence-corrected chi connectivity index (χ1v) is 8.74. The molecule has 122 valence electrons. The molecule has 0 aliphatic heterocycles. The number of halogens is 1. The lowest BCUT2D eigenvalue weighted by Crippen LogP contribution is -2.41. The molecule has 0 aliphatic carbocycles. The number of benzene rings is 2. The molecule has 0 unspecified atom stereocenters. The van der Waals surface area contributed by atoms with E-state index >= 15 is 0 Å². The van der Waals surface area contributed by atoms with Crippen LogP contribution in [0.25, 0.3) is 10.9 Å². The van der Waals surface area contributed by atoms with Gasteiger partial charge in [0.1, 0.15) is 0 Å². The highest BCUT2D eigenvalue weighted by molar-refractivity contribution is 7.89. The Morgan fingerprint density at radius 3 is 2.67 bits per heavy atom. The van der Waals surface area contributed by atoms with Crippen molar-refractivity contribution in [3.05, 3.63) is 71.4 Å². The maximum absolute atomic E-state index is 12.1. The van der Waals surface area contributed by atoms with E-state index in [0.717, 1.165) is 10.9 Å². The Bertz CT molecular complexity index is 1020. The third kappa shape index (κ3) is 3.53. The van der Waals surface area contributed by atoms with Gasteiger partial charge in [-0.3, -0.25) is 15.2 Å². The maximum Gasteiger partial charge on any atom is 0.266 e. The van der Waals surface area contributed by atoms with Crippen molar-refractivity contribution >= 4 is 38.4 Å². The lowest BCUT2D eigenvalue weighted by atomic mass is 10.1. The van der Waals surface area contributed by atoms with Crippen LogP contribution in [-0.4, -0.2) is 19.3 Å². The van der Waals surface area contributed by atoms with E-state index in [1.807, 2.05) is 10.9 Å². The number of rotatable bonds is 4. The van der Waals surface area contributed by atoms with Crippen molar-refractivity contribution in [1.29, 1.82) is 0 Å². The number of amides is 1. The van der Waals surface area contributed by atoms with E-state index in [2.05, 4.69) is 10.4 Å². The molecule has 1 aromatic heterocycles. The van der Waals surface area contributed by atoms with Gasteiger partial charge in [-0.25, -0.2) is 8.42 Å². The smallest absolute Gasteiger partial charge is 0.266 e. The molecule has 8 heteroatoms. The Morgan fingerprint density at radius 1 is 1.04 bits per heavy atom. The Kier molecular flexibility index (Phi) is 4.48. The van der Waals surface area contributed by atoms with Crippen molar-refractivity contribution < 1.29 is 13.2 Å². The van der Waals surface area contributed by atoms with Crippen molar-refractivity contribution in [3.8, 4) is 0 Å². The summed E-state index contributed by atoms with van der Waals surface area (Å²) in [5.74, 6) is -0.577. The van der Waals surface area contributed by atoms with Gasteiger partial charge >= 0.3 is 0 Å². The van der Waals surface area contributed by atoms with Crippen LogP contribution in [-0.2, 0) is 10.0 Å². The van der Waals surface area contributed by atoms with Crippen LogP contribution in [0.5, 0.6) is 0 Å². The molecular formula is C16H12ClN3O3S. The zero-order chi connectivity index (χ0) is 17.2. The van der Waals surface area contributed by atoms with E-state index in [1.54, 1.807) is 36.5 Å². The van der Waals surface area contributed by atoms with E-state index in [-0.39, 0.29) is 9.92 Å². The summed E-state index contributed by atoms with van der Waals surface area (Å²) in [4.78, 5) is 18.3. The number of nitrogens with zero attached hydrogens (tertiary/aromatic N) is 1. The maximum atomic E-state index is 12.1. The van der Waals surface area contributed by atoms with Crippen LogP contribution in [0.2, 0.25) is 5.02 Å². The minimum absolute atomic E-state index is 0.0435. The van der Waals surface area contributed by atoms with Crippen LogP contribution in [0.4, 0.5) is 0 Å². The number of carbonyl (C=O) groups excluding carboxylic acids is 1. The van der Waals surface area contributed by atoms with Crippen LogP contribution in [0, 0.1) is 0 Å². The summed E-state index contributed by atoms with van der Waals surface area (Å²) in [6, 6.07) is 14.2. The molecule has 0 atom stereocenters. The Morgan fingerprint density at radius 2 is 1.88 bits per heavy atom. The summed E-state index contributed by atoms with van der Waals surface area (Å²) in [5, 5.41) is 1.06. The van der Waals surface area contributed by atoms with Gasteiger partial charge in [-0.05, 0) is 42.5 Å². The van der Waals surface area contributed by atoms with Crippen LogP contribution in [0.1, 0.15) is 10.4 Å². The summed E-state index contributed by atoms with van der Waals surface area (Å²) in [6.45, 7) is 0. The zero-order valence-corrected chi connectivity index (χ0v) is 13.8. The van der Waals surface area contributed by atoms with Crippen molar-refractivity contribution in [2.24, 2.45) is 0 Å². The number of hydrogen-bond donors (Lipinski definition) is 2. The minimum Gasteiger partial charge on any atom is -0.273 e. The molecule has 0 saturated heterocycles. The predicted octanol–water partition coefficient (Wildman–Crippen LogP) is 2.51. The first-order valence-electron chi connectivity index (χ1n) is 6.88. The topological polar surface area (TPSA) is 88.2 Å². The van der Waals surface area contributed by atoms with Gasteiger partial charge < -0.3 is 0 Å². The predicted molar refractivity (Wildman–Crippen MR) is 91.0 cm³/mol. The fourth-order valence-corrected chi connectivity index (χ4v) is 3.24. The van der Waals surface area contributed by atoms with Gasteiger partial charge in [0.2, 0.25) is 0 Å². The second-order valence-corrected chi connectivity index (χ2v) is 7.05. The monoisotopic (exact) mass is 361 g/mol. The van der Waals surface area contributed by atoms with Gasteiger partial charge in [0.05, 0.1) is 10.4 Å². The van der Waals surface area contributed by atoms with Gasteiger partial charge in [0, 0.05) is 22.2 Å².